The molecule has 0 atom stereocenters. The van der Waals surface area contributed by atoms with Gasteiger partial charge in [0, 0.05) is 36.7 Å². The lowest BCUT2D eigenvalue weighted by atomic mass is 9.88. The van der Waals surface area contributed by atoms with E-state index in [1.807, 2.05) is 6.20 Å². The van der Waals surface area contributed by atoms with E-state index in [1.54, 1.807) is 4.31 Å². The molecule has 40 heavy (non-hydrogen) atoms. The van der Waals surface area contributed by atoms with Crippen LogP contribution in [0.3, 0.4) is 0 Å². The van der Waals surface area contributed by atoms with Crippen LogP contribution in [0.2, 0.25) is 0 Å². The number of sulfonamides is 1. The second kappa shape index (κ2) is 12.9. The van der Waals surface area contributed by atoms with Crippen LogP contribution in [0.5, 0.6) is 0 Å². The van der Waals surface area contributed by atoms with Crippen LogP contribution >= 0.6 is 0 Å². The number of piperidine rings is 1. The van der Waals surface area contributed by atoms with Gasteiger partial charge < -0.3 is 20.9 Å². The molecular weight excluding hydrogens is 522 g/mol. The molecule has 0 unspecified atom stereocenters. The zero-order valence-corrected chi connectivity index (χ0v) is 24.4. The lowest BCUT2D eigenvalue weighted by Crippen LogP contribution is -2.39. The Balaban J connectivity index is 1.34. The highest BCUT2D eigenvalue weighted by Gasteiger charge is 2.30. The van der Waals surface area contributed by atoms with Crippen LogP contribution in [0.4, 0.5) is 0 Å². The van der Waals surface area contributed by atoms with Crippen molar-refractivity contribution in [1.82, 2.24) is 19.5 Å². The molecule has 2 fully saturated rings. The van der Waals surface area contributed by atoms with E-state index in [1.165, 1.54) is 24.0 Å². The molecule has 0 saturated carbocycles. The Bertz CT molecular complexity index is 1420. The van der Waals surface area contributed by atoms with Gasteiger partial charge in [-0.05, 0) is 110 Å². The van der Waals surface area contributed by atoms with Crippen molar-refractivity contribution < 1.29 is 13.2 Å². The van der Waals surface area contributed by atoms with Crippen LogP contribution in [0.15, 0.2) is 42.6 Å². The fourth-order valence-corrected chi connectivity index (χ4v) is 7.86. The number of nitrogens with zero attached hydrogens (tertiary/aromatic N) is 2. The Morgan fingerprint density at radius 3 is 2.58 bits per heavy atom. The Labute approximate surface area is 238 Å². The van der Waals surface area contributed by atoms with Gasteiger partial charge in [0.25, 0.3) is 0 Å². The molecule has 9 heteroatoms. The minimum atomic E-state index is -3.24. The normalized spacial score (nSPS) is 17.6. The van der Waals surface area contributed by atoms with Gasteiger partial charge in [0.15, 0.2) is 0 Å². The van der Waals surface area contributed by atoms with E-state index in [4.69, 9.17) is 5.73 Å². The molecule has 2 aliphatic heterocycles. The van der Waals surface area contributed by atoms with Crippen molar-refractivity contribution in [3.8, 4) is 11.1 Å². The first-order chi connectivity index (χ1) is 19.3. The highest BCUT2D eigenvalue weighted by atomic mass is 32.2. The van der Waals surface area contributed by atoms with Crippen molar-refractivity contribution in [2.45, 2.75) is 57.9 Å². The zero-order valence-electron chi connectivity index (χ0n) is 23.6. The number of hydrogen-bond donors (Lipinski definition) is 3. The first-order valence-electron chi connectivity index (χ1n) is 14.8. The van der Waals surface area contributed by atoms with Crippen molar-refractivity contribution >= 4 is 26.8 Å². The summed E-state index contributed by atoms with van der Waals surface area (Å²) in [5.41, 5.74) is 12.0. The monoisotopic (exact) mass is 565 g/mol. The third-order valence-corrected chi connectivity index (χ3v) is 10.4. The zero-order chi connectivity index (χ0) is 28.1. The molecule has 2 aliphatic rings. The third kappa shape index (κ3) is 6.77. The molecule has 0 radical (unpaired) electrons. The molecule has 8 nitrogen and oxygen atoms in total. The number of nitrogens with two attached hydrogens (primary N) is 1. The van der Waals surface area contributed by atoms with Gasteiger partial charge in [-0.3, -0.25) is 4.79 Å². The number of aromatic amines is 1. The maximum Gasteiger partial charge on any atom is 0.221 e. The molecule has 5 rings (SSSR count). The van der Waals surface area contributed by atoms with Crippen LogP contribution < -0.4 is 11.1 Å². The van der Waals surface area contributed by atoms with Crippen LogP contribution in [0.1, 0.15) is 61.6 Å². The molecular formula is C31H43N5O3S. The molecule has 2 aromatic carbocycles. The van der Waals surface area contributed by atoms with E-state index in [2.05, 4.69) is 58.5 Å². The minimum Gasteiger partial charge on any atom is -0.369 e. The summed E-state index contributed by atoms with van der Waals surface area (Å²) in [6.07, 6.45) is 6.93. The molecule has 1 amide bonds. The number of fused-ring (bicyclic) bond motifs is 1. The Hall–Kier alpha value is -2.72. The van der Waals surface area contributed by atoms with Crippen LogP contribution in [0, 0.1) is 0 Å². The van der Waals surface area contributed by atoms with E-state index in [9.17, 15) is 13.2 Å². The van der Waals surface area contributed by atoms with Gasteiger partial charge >= 0.3 is 0 Å². The van der Waals surface area contributed by atoms with Gasteiger partial charge in [0.05, 0.1) is 12.2 Å². The maximum absolute atomic E-state index is 13.1. The largest absolute Gasteiger partial charge is 0.369 e. The second-order valence-corrected chi connectivity index (χ2v) is 13.4. The topological polar surface area (TPSA) is 112 Å². The van der Waals surface area contributed by atoms with Gasteiger partial charge in [0.1, 0.15) is 0 Å². The Morgan fingerprint density at radius 1 is 1.07 bits per heavy atom. The number of carbonyl (C=O) groups excluding carboxylic acids is 1. The van der Waals surface area contributed by atoms with E-state index < -0.39 is 10.0 Å². The SMILES string of the molecule is CCNCc1cccc(-c2cc(CC(N)=O)c3[nH]cc(C4CCN(S(=O)(=O)CCCN5CCCC5)CC4)c3c2)c1. The lowest BCUT2D eigenvalue weighted by Gasteiger charge is -2.31. The predicted molar refractivity (Wildman–Crippen MR) is 162 cm³/mol. The van der Waals surface area contributed by atoms with E-state index in [0.717, 1.165) is 73.2 Å². The smallest absolute Gasteiger partial charge is 0.221 e. The summed E-state index contributed by atoms with van der Waals surface area (Å²) in [6.45, 7) is 7.96. The number of H-pyrrole nitrogens is 1. The second-order valence-electron chi connectivity index (χ2n) is 11.3. The Morgan fingerprint density at radius 2 is 1.85 bits per heavy atom. The highest BCUT2D eigenvalue weighted by Crippen LogP contribution is 2.37. The summed E-state index contributed by atoms with van der Waals surface area (Å²) in [4.78, 5) is 17.7. The molecule has 0 spiro atoms. The van der Waals surface area contributed by atoms with Gasteiger partial charge in [-0.25, -0.2) is 12.7 Å². The standard InChI is InChI=1S/C31H43N5O3S/c1-2-33-21-23-7-5-8-25(17-23)26-18-27(20-30(32)37)31-28(19-26)29(22-34-31)24-9-14-36(15-10-24)40(38,39)16-6-13-35-11-3-4-12-35/h5,7-8,17-19,22,24,33-34H,2-4,6,9-16,20-21H2,1H3,(H2,32,37). The average Bonchev–Trinajstić information content (AvgIpc) is 3.62. The molecule has 0 aliphatic carbocycles. The number of amides is 1. The maximum atomic E-state index is 13.1. The summed E-state index contributed by atoms with van der Waals surface area (Å²) in [7, 11) is -3.24. The summed E-state index contributed by atoms with van der Waals surface area (Å²) in [5, 5.41) is 4.48. The predicted octanol–water partition coefficient (Wildman–Crippen LogP) is 3.97. The van der Waals surface area contributed by atoms with Gasteiger partial charge in [-0.15, -0.1) is 0 Å². The summed E-state index contributed by atoms with van der Waals surface area (Å²) in [5.74, 6) is 0.119. The number of primary amides is 1. The summed E-state index contributed by atoms with van der Waals surface area (Å²) < 4.78 is 27.8. The number of aromatic nitrogens is 1. The quantitative estimate of drug-likeness (QED) is 0.308. The van der Waals surface area contributed by atoms with E-state index in [0.29, 0.717) is 19.5 Å². The van der Waals surface area contributed by atoms with Gasteiger partial charge in [-0.2, -0.15) is 0 Å². The Kier molecular flexibility index (Phi) is 9.25. The van der Waals surface area contributed by atoms with E-state index >= 15 is 0 Å². The average molecular weight is 566 g/mol. The molecule has 0 bridgehead atoms. The van der Waals surface area contributed by atoms with E-state index in [-0.39, 0.29) is 24.0 Å². The molecule has 3 heterocycles. The molecule has 4 N–H and O–H groups in total. The van der Waals surface area contributed by atoms with Crippen molar-refractivity contribution in [3.63, 3.8) is 0 Å². The van der Waals surface area contributed by atoms with Crippen LogP contribution in [-0.4, -0.2) is 73.5 Å². The van der Waals surface area contributed by atoms with Crippen molar-refractivity contribution in [3.05, 3.63) is 59.3 Å². The number of nitrogens with one attached hydrogen (secondary N) is 2. The van der Waals surface area contributed by atoms with Crippen molar-refractivity contribution in [2.24, 2.45) is 5.73 Å². The lowest BCUT2D eigenvalue weighted by molar-refractivity contribution is -0.117. The summed E-state index contributed by atoms with van der Waals surface area (Å²) in [6, 6.07) is 12.8. The molecule has 1 aromatic heterocycles. The first-order valence-corrected chi connectivity index (χ1v) is 16.4. The molecule has 216 valence electrons. The van der Waals surface area contributed by atoms with Crippen molar-refractivity contribution in [1.29, 1.82) is 0 Å². The highest BCUT2D eigenvalue weighted by molar-refractivity contribution is 7.89. The molecule has 2 saturated heterocycles. The van der Waals surface area contributed by atoms with Crippen LogP contribution in [0.25, 0.3) is 22.0 Å². The van der Waals surface area contributed by atoms with Gasteiger partial charge in [0.2, 0.25) is 15.9 Å². The first kappa shape index (κ1) is 28.8. The van der Waals surface area contributed by atoms with Crippen molar-refractivity contribution in [2.75, 3.05) is 45.0 Å². The van der Waals surface area contributed by atoms with Gasteiger partial charge in [-0.1, -0.05) is 25.1 Å². The fourth-order valence-electron chi connectivity index (χ4n) is 6.34. The number of likely N-dealkylation sites (tertiary alicyclic amines) is 1. The number of carbonyl (C=O) groups is 1. The number of rotatable bonds is 12. The minimum absolute atomic E-state index is 0.162. The fraction of sp³-hybridized carbons (Fsp3) is 0.516. The number of benzene rings is 2. The van der Waals surface area contributed by atoms with Crippen LogP contribution in [-0.2, 0) is 27.8 Å². The third-order valence-electron chi connectivity index (χ3n) is 8.47. The number of hydrogen-bond acceptors (Lipinski definition) is 5. The summed E-state index contributed by atoms with van der Waals surface area (Å²) >= 11 is 0. The molecule has 3 aromatic rings.